The van der Waals surface area contributed by atoms with E-state index in [1.165, 1.54) is 7.05 Å². The van der Waals surface area contributed by atoms with Crippen molar-refractivity contribution in [2.75, 3.05) is 25.0 Å². The number of rotatable bonds is 2. The summed E-state index contributed by atoms with van der Waals surface area (Å²) < 4.78 is 0.725. The normalized spacial score (nSPS) is 20.7. The molecule has 2 heterocycles. The van der Waals surface area contributed by atoms with Crippen molar-refractivity contribution < 1.29 is 9.87 Å². The zero-order chi connectivity index (χ0) is 10.8. The molecule has 5 nitrogen and oxygen atoms in total. The van der Waals surface area contributed by atoms with E-state index in [1.807, 2.05) is 6.07 Å². The number of hydrogen-bond donors (Lipinski definition) is 1. The van der Waals surface area contributed by atoms with Crippen molar-refractivity contribution in [2.45, 2.75) is 12.5 Å². The maximum absolute atomic E-state index is 10.9. The third-order valence-corrected chi connectivity index (χ3v) is 2.58. The fraction of sp³-hybridized carbons (Fsp3) is 0.500. The van der Waals surface area contributed by atoms with Gasteiger partial charge in [0, 0.05) is 19.2 Å². The first-order valence-corrected chi connectivity index (χ1v) is 4.97. The van der Waals surface area contributed by atoms with Crippen molar-refractivity contribution in [3.05, 3.63) is 23.2 Å². The van der Waals surface area contributed by atoms with E-state index in [9.17, 15) is 10.0 Å². The molecule has 1 aliphatic heterocycles. The van der Waals surface area contributed by atoms with E-state index in [0.717, 1.165) is 23.4 Å². The molecule has 1 aliphatic rings. The Kier molecular flexibility index (Phi) is 2.64. The Morgan fingerprint density at radius 2 is 2.40 bits per heavy atom. The van der Waals surface area contributed by atoms with Gasteiger partial charge in [-0.1, -0.05) is 4.91 Å². The van der Waals surface area contributed by atoms with E-state index in [4.69, 9.17) is 0 Å². The van der Waals surface area contributed by atoms with Gasteiger partial charge in [-0.3, -0.25) is 0 Å². The Hall–Kier alpha value is -1.49. The first kappa shape index (κ1) is 10.0. The summed E-state index contributed by atoms with van der Waals surface area (Å²) in [5, 5.41) is 9.38. The summed E-state index contributed by atoms with van der Waals surface area (Å²) in [5.74, 6) is 0.401. The van der Waals surface area contributed by atoms with Crippen molar-refractivity contribution in [1.82, 2.24) is 4.98 Å². The van der Waals surface area contributed by atoms with Crippen LogP contribution in [0, 0.1) is 4.91 Å². The summed E-state index contributed by atoms with van der Waals surface area (Å²) in [6, 6.07) is 3.54. The third-order valence-electron chi connectivity index (χ3n) is 2.58. The Balaban J connectivity index is 2.13. The van der Waals surface area contributed by atoms with Crippen molar-refractivity contribution in [3.8, 4) is 0 Å². The van der Waals surface area contributed by atoms with E-state index >= 15 is 0 Å². The average Bonchev–Trinajstić information content (AvgIpc) is 2.65. The van der Waals surface area contributed by atoms with Gasteiger partial charge < -0.3 is 10.0 Å². The molecule has 80 valence electrons. The number of pyridine rings is 1. The molecule has 1 saturated heterocycles. The SMILES string of the molecule is C[N+](=O)c1ccc(N2CC[C@H](O)C2)cn1. The number of aliphatic hydroxyl groups is 1. The standard InChI is InChI=1S/C10H14N3O2/c1-12(15)10-3-2-8(6-11-10)13-5-4-9(14)7-13/h2-3,6,9,14H,4-5,7H2,1H3/q+1/t9-/m0/s1. The van der Waals surface area contributed by atoms with Crippen molar-refractivity contribution >= 4 is 11.5 Å². The number of hydrogen-bond acceptors (Lipinski definition) is 4. The van der Waals surface area contributed by atoms with Crippen LogP contribution in [0.15, 0.2) is 18.3 Å². The lowest BCUT2D eigenvalue weighted by molar-refractivity contribution is -0.432. The molecule has 0 radical (unpaired) electrons. The third kappa shape index (κ3) is 2.12. The highest BCUT2D eigenvalue weighted by Crippen LogP contribution is 2.20. The van der Waals surface area contributed by atoms with E-state index in [0.29, 0.717) is 12.4 Å². The molecule has 0 spiro atoms. The molecular weight excluding hydrogens is 194 g/mol. The van der Waals surface area contributed by atoms with Gasteiger partial charge in [0.2, 0.25) is 0 Å². The van der Waals surface area contributed by atoms with E-state index in [2.05, 4.69) is 9.88 Å². The highest BCUT2D eigenvalue weighted by molar-refractivity contribution is 5.47. The van der Waals surface area contributed by atoms with E-state index < -0.39 is 0 Å². The lowest BCUT2D eigenvalue weighted by Crippen LogP contribution is -2.21. The van der Waals surface area contributed by atoms with Crippen LogP contribution in [0.4, 0.5) is 11.5 Å². The Labute approximate surface area is 87.9 Å². The van der Waals surface area contributed by atoms with Gasteiger partial charge in [0.25, 0.3) is 0 Å². The van der Waals surface area contributed by atoms with Gasteiger partial charge in [-0.25, -0.2) is 0 Å². The topological polar surface area (TPSA) is 56.4 Å². The maximum atomic E-state index is 10.9. The van der Waals surface area contributed by atoms with E-state index in [1.54, 1.807) is 12.3 Å². The highest BCUT2D eigenvalue weighted by atomic mass is 16.3. The molecule has 1 fully saturated rings. The second-order valence-electron chi connectivity index (χ2n) is 3.76. The van der Waals surface area contributed by atoms with Crippen LogP contribution in [0.1, 0.15) is 6.42 Å². The lowest BCUT2D eigenvalue weighted by Gasteiger charge is -2.15. The second kappa shape index (κ2) is 3.94. The number of β-amino-alcohol motifs (C(OH)–C–C–N with tert-alkyl or cyclic N) is 1. The second-order valence-corrected chi connectivity index (χ2v) is 3.76. The minimum atomic E-state index is -0.244. The minimum Gasteiger partial charge on any atom is -0.391 e. The van der Waals surface area contributed by atoms with Gasteiger partial charge in [-0.15, -0.1) is 0 Å². The van der Waals surface area contributed by atoms with Crippen molar-refractivity contribution in [1.29, 1.82) is 0 Å². The highest BCUT2D eigenvalue weighted by Gasteiger charge is 2.21. The van der Waals surface area contributed by atoms with Crippen LogP contribution in [0.3, 0.4) is 0 Å². The Bertz CT molecular complexity index is 363. The lowest BCUT2D eigenvalue weighted by atomic mass is 10.3. The number of nitroso groups, excluding NO2 is 1. The van der Waals surface area contributed by atoms with Crippen LogP contribution < -0.4 is 4.90 Å². The molecule has 1 atom stereocenters. The molecule has 2 rings (SSSR count). The van der Waals surface area contributed by atoms with Gasteiger partial charge in [-0.05, 0) is 22.2 Å². The molecule has 0 aromatic carbocycles. The molecule has 5 heteroatoms. The van der Waals surface area contributed by atoms with Gasteiger partial charge in [-0.2, -0.15) is 0 Å². The predicted octanol–water partition coefficient (Wildman–Crippen LogP) is 0.693. The summed E-state index contributed by atoms with van der Waals surface area (Å²) in [6.45, 7) is 1.49. The molecule has 15 heavy (non-hydrogen) atoms. The van der Waals surface area contributed by atoms with Crippen LogP contribution in [0.2, 0.25) is 0 Å². The zero-order valence-corrected chi connectivity index (χ0v) is 8.63. The zero-order valence-electron chi connectivity index (χ0n) is 8.63. The fourth-order valence-electron chi connectivity index (χ4n) is 1.73. The first-order chi connectivity index (χ1) is 7.16. The monoisotopic (exact) mass is 208 g/mol. The van der Waals surface area contributed by atoms with Gasteiger partial charge >= 0.3 is 5.82 Å². The van der Waals surface area contributed by atoms with Crippen LogP contribution in [-0.2, 0) is 0 Å². The summed E-state index contributed by atoms with van der Waals surface area (Å²) >= 11 is 0. The molecule has 1 N–H and O–H groups in total. The molecule has 1 aromatic rings. The smallest absolute Gasteiger partial charge is 0.360 e. The fourth-order valence-corrected chi connectivity index (χ4v) is 1.73. The first-order valence-electron chi connectivity index (χ1n) is 4.97. The quantitative estimate of drug-likeness (QED) is 0.727. The van der Waals surface area contributed by atoms with Crippen LogP contribution in [0.25, 0.3) is 0 Å². The summed E-state index contributed by atoms with van der Waals surface area (Å²) in [6.07, 6.45) is 2.22. The molecule has 0 unspecified atom stereocenters. The van der Waals surface area contributed by atoms with Gasteiger partial charge in [0.05, 0.1) is 11.8 Å². The molecule has 0 amide bonds. The number of aliphatic hydroxyl groups excluding tert-OH is 1. The van der Waals surface area contributed by atoms with Gasteiger partial charge in [0.15, 0.2) is 6.20 Å². The summed E-state index contributed by atoms with van der Waals surface area (Å²) in [5.41, 5.74) is 0.956. The summed E-state index contributed by atoms with van der Waals surface area (Å²) in [4.78, 5) is 17.0. The molecule has 0 bridgehead atoms. The van der Waals surface area contributed by atoms with Crippen LogP contribution in [0.5, 0.6) is 0 Å². The molecular formula is C10H14N3O2+. The molecule has 0 aliphatic carbocycles. The number of aromatic nitrogens is 1. The van der Waals surface area contributed by atoms with Crippen molar-refractivity contribution in [2.24, 2.45) is 0 Å². The molecule has 0 saturated carbocycles. The maximum Gasteiger partial charge on any atom is 0.360 e. The summed E-state index contributed by atoms with van der Waals surface area (Å²) in [7, 11) is 1.42. The van der Waals surface area contributed by atoms with E-state index in [-0.39, 0.29) is 6.10 Å². The number of anilines is 1. The minimum absolute atomic E-state index is 0.244. The average molecular weight is 208 g/mol. The van der Waals surface area contributed by atoms with Crippen molar-refractivity contribution in [3.63, 3.8) is 0 Å². The number of nitrogens with zero attached hydrogens (tertiary/aromatic N) is 3. The Morgan fingerprint density at radius 1 is 1.60 bits per heavy atom. The Morgan fingerprint density at radius 3 is 2.87 bits per heavy atom. The molecule has 1 aromatic heterocycles. The largest absolute Gasteiger partial charge is 0.391 e. The van der Waals surface area contributed by atoms with Crippen LogP contribution >= 0.6 is 0 Å². The van der Waals surface area contributed by atoms with Gasteiger partial charge in [0.1, 0.15) is 7.05 Å². The van der Waals surface area contributed by atoms with Crippen LogP contribution in [-0.4, -0.2) is 41.1 Å². The predicted molar refractivity (Wildman–Crippen MR) is 56.3 cm³/mol.